The van der Waals surface area contributed by atoms with Crippen LogP contribution in [0.15, 0.2) is 29.0 Å². The van der Waals surface area contributed by atoms with E-state index in [4.69, 9.17) is 0 Å². The minimum atomic E-state index is 0.773. The third-order valence-corrected chi connectivity index (χ3v) is 3.03. The van der Waals surface area contributed by atoms with E-state index in [0.29, 0.717) is 0 Å². The molecular weight excluding hydrogens is 284 g/mol. The van der Waals surface area contributed by atoms with E-state index in [0.717, 1.165) is 21.3 Å². The highest BCUT2D eigenvalue weighted by atomic mass is 79.9. The number of halogens is 2. The summed E-state index contributed by atoms with van der Waals surface area (Å²) >= 11 is 6.86. The van der Waals surface area contributed by atoms with Gasteiger partial charge in [0.15, 0.2) is 0 Å². The highest BCUT2D eigenvalue weighted by molar-refractivity contribution is 9.10. The Morgan fingerprint density at radius 1 is 1.42 bits per heavy atom. The second-order valence-electron chi connectivity index (χ2n) is 2.41. The zero-order valence-corrected chi connectivity index (χ0v) is 9.34. The summed E-state index contributed by atoms with van der Waals surface area (Å²) in [5.74, 6) is 0. The molecule has 2 heterocycles. The zero-order valence-electron chi connectivity index (χ0n) is 6.17. The molecule has 0 fully saturated rings. The van der Waals surface area contributed by atoms with Gasteiger partial charge in [0.05, 0.1) is 5.69 Å². The van der Waals surface area contributed by atoms with E-state index in [1.165, 1.54) is 0 Å². The fourth-order valence-corrected chi connectivity index (χ4v) is 2.40. The van der Waals surface area contributed by atoms with Crippen molar-refractivity contribution in [2.45, 2.75) is 5.33 Å². The van der Waals surface area contributed by atoms with E-state index in [-0.39, 0.29) is 0 Å². The van der Waals surface area contributed by atoms with Crippen LogP contribution >= 0.6 is 31.9 Å². The van der Waals surface area contributed by atoms with E-state index in [1.807, 2.05) is 28.8 Å². The smallest absolute Gasteiger partial charge is 0.137 e. The zero-order chi connectivity index (χ0) is 8.55. The maximum absolute atomic E-state index is 4.40. The molecule has 0 atom stereocenters. The predicted molar refractivity (Wildman–Crippen MR) is 55.5 cm³/mol. The number of fused-ring (bicyclic) bond motifs is 1. The first-order valence-corrected chi connectivity index (χ1v) is 5.42. The number of pyridine rings is 1. The Labute approximate surface area is 86.9 Å². The van der Waals surface area contributed by atoms with Gasteiger partial charge in [-0.1, -0.05) is 22.0 Å². The SMILES string of the molecule is BrCc1nc2ccccn2c1Br. The predicted octanol–water partition coefficient (Wildman–Crippen LogP) is 2.99. The second kappa shape index (κ2) is 3.18. The molecule has 0 N–H and O–H groups in total. The van der Waals surface area contributed by atoms with Gasteiger partial charge in [-0.2, -0.15) is 0 Å². The van der Waals surface area contributed by atoms with Gasteiger partial charge in [0.25, 0.3) is 0 Å². The molecule has 0 saturated heterocycles. The normalized spacial score (nSPS) is 10.8. The molecule has 0 saturated carbocycles. The van der Waals surface area contributed by atoms with Gasteiger partial charge in [0.1, 0.15) is 10.3 Å². The van der Waals surface area contributed by atoms with Crippen molar-refractivity contribution in [3.8, 4) is 0 Å². The van der Waals surface area contributed by atoms with Gasteiger partial charge in [-0.25, -0.2) is 4.98 Å². The molecule has 0 spiro atoms. The Balaban J connectivity index is 2.78. The van der Waals surface area contributed by atoms with Gasteiger partial charge in [0.2, 0.25) is 0 Å². The van der Waals surface area contributed by atoms with E-state index in [9.17, 15) is 0 Å². The first kappa shape index (κ1) is 8.26. The molecule has 0 aliphatic heterocycles. The topological polar surface area (TPSA) is 17.3 Å². The Bertz CT molecular complexity index is 408. The van der Waals surface area contributed by atoms with Crippen molar-refractivity contribution in [3.05, 3.63) is 34.7 Å². The fourth-order valence-electron chi connectivity index (χ4n) is 1.10. The number of alkyl halides is 1. The molecule has 12 heavy (non-hydrogen) atoms. The van der Waals surface area contributed by atoms with Crippen molar-refractivity contribution >= 4 is 37.5 Å². The average molecular weight is 290 g/mol. The summed E-state index contributed by atoms with van der Waals surface area (Å²) in [6.45, 7) is 0. The summed E-state index contributed by atoms with van der Waals surface area (Å²) in [5, 5.41) is 0.773. The van der Waals surface area contributed by atoms with Crippen molar-refractivity contribution in [3.63, 3.8) is 0 Å². The molecule has 0 unspecified atom stereocenters. The summed E-state index contributed by atoms with van der Waals surface area (Å²) in [4.78, 5) is 4.40. The maximum Gasteiger partial charge on any atom is 0.137 e. The number of imidazole rings is 1. The van der Waals surface area contributed by atoms with Gasteiger partial charge in [-0.15, -0.1) is 0 Å². The number of nitrogens with zero attached hydrogens (tertiary/aromatic N) is 2. The Morgan fingerprint density at radius 3 is 2.92 bits per heavy atom. The van der Waals surface area contributed by atoms with Crippen LogP contribution in [0.5, 0.6) is 0 Å². The van der Waals surface area contributed by atoms with Crippen molar-refractivity contribution in [1.82, 2.24) is 9.38 Å². The van der Waals surface area contributed by atoms with Crippen LogP contribution in [0, 0.1) is 0 Å². The van der Waals surface area contributed by atoms with Gasteiger partial charge >= 0.3 is 0 Å². The molecule has 0 aliphatic carbocycles. The second-order valence-corrected chi connectivity index (χ2v) is 3.72. The highest BCUT2D eigenvalue weighted by Gasteiger charge is 2.06. The lowest BCUT2D eigenvalue weighted by Gasteiger charge is -1.91. The Hall–Kier alpha value is -0.350. The summed E-state index contributed by atoms with van der Waals surface area (Å²) in [6, 6.07) is 5.95. The van der Waals surface area contributed by atoms with Crippen LogP contribution in [-0.4, -0.2) is 9.38 Å². The molecule has 2 aromatic rings. The van der Waals surface area contributed by atoms with Crippen molar-refractivity contribution in [2.75, 3.05) is 0 Å². The Kier molecular flexibility index (Phi) is 2.19. The molecular formula is C8H6Br2N2. The van der Waals surface area contributed by atoms with Crippen molar-refractivity contribution in [2.24, 2.45) is 0 Å². The van der Waals surface area contributed by atoms with Gasteiger partial charge in [0, 0.05) is 11.5 Å². The third-order valence-electron chi connectivity index (χ3n) is 1.66. The van der Waals surface area contributed by atoms with Crippen LogP contribution in [0.25, 0.3) is 5.65 Å². The molecule has 0 aliphatic rings. The van der Waals surface area contributed by atoms with Gasteiger partial charge < -0.3 is 0 Å². The maximum atomic E-state index is 4.40. The summed E-state index contributed by atoms with van der Waals surface area (Å²) in [6.07, 6.45) is 1.98. The lowest BCUT2D eigenvalue weighted by atomic mass is 10.5. The number of hydrogen-bond acceptors (Lipinski definition) is 1. The third kappa shape index (κ3) is 1.19. The van der Waals surface area contributed by atoms with Crippen LogP contribution in [0.3, 0.4) is 0 Å². The molecule has 62 valence electrons. The number of rotatable bonds is 1. The molecule has 0 radical (unpaired) electrons. The van der Waals surface area contributed by atoms with Crippen LogP contribution in [0.4, 0.5) is 0 Å². The Morgan fingerprint density at radius 2 is 2.25 bits per heavy atom. The number of aromatic nitrogens is 2. The fraction of sp³-hybridized carbons (Fsp3) is 0.125. The molecule has 0 bridgehead atoms. The van der Waals surface area contributed by atoms with E-state index in [2.05, 4.69) is 36.8 Å². The summed E-state index contributed by atoms with van der Waals surface area (Å²) in [7, 11) is 0. The van der Waals surface area contributed by atoms with Crippen LogP contribution in [0.2, 0.25) is 0 Å². The van der Waals surface area contributed by atoms with Crippen LogP contribution in [-0.2, 0) is 5.33 Å². The average Bonchev–Trinajstić information content (AvgIpc) is 2.44. The van der Waals surface area contributed by atoms with E-state index >= 15 is 0 Å². The standard InChI is InChI=1S/C8H6Br2N2/c9-5-6-8(10)12-4-2-1-3-7(12)11-6/h1-4H,5H2. The van der Waals surface area contributed by atoms with Crippen molar-refractivity contribution in [1.29, 1.82) is 0 Å². The minimum absolute atomic E-state index is 0.773. The van der Waals surface area contributed by atoms with Crippen LogP contribution in [0.1, 0.15) is 5.69 Å². The van der Waals surface area contributed by atoms with E-state index in [1.54, 1.807) is 0 Å². The molecule has 4 heteroatoms. The molecule has 0 aromatic carbocycles. The first-order valence-electron chi connectivity index (χ1n) is 3.50. The van der Waals surface area contributed by atoms with Gasteiger partial charge in [-0.3, -0.25) is 4.40 Å². The molecule has 0 amide bonds. The summed E-state index contributed by atoms with van der Waals surface area (Å²) in [5.41, 5.74) is 2.00. The monoisotopic (exact) mass is 288 g/mol. The minimum Gasteiger partial charge on any atom is -0.294 e. The molecule has 2 nitrogen and oxygen atoms in total. The van der Waals surface area contributed by atoms with Crippen LogP contribution < -0.4 is 0 Å². The largest absolute Gasteiger partial charge is 0.294 e. The highest BCUT2D eigenvalue weighted by Crippen LogP contribution is 2.20. The number of hydrogen-bond donors (Lipinski definition) is 0. The molecule has 2 aromatic heterocycles. The lowest BCUT2D eigenvalue weighted by molar-refractivity contribution is 1.14. The quantitative estimate of drug-likeness (QED) is 0.738. The summed E-state index contributed by atoms with van der Waals surface area (Å²) < 4.78 is 3.03. The lowest BCUT2D eigenvalue weighted by Crippen LogP contribution is -1.81. The van der Waals surface area contributed by atoms with Gasteiger partial charge in [-0.05, 0) is 28.1 Å². The van der Waals surface area contributed by atoms with Crippen molar-refractivity contribution < 1.29 is 0 Å². The first-order chi connectivity index (χ1) is 5.83. The molecule has 2 rings (SSSR count). The van der Waals surface area contributed by atoms with E-state index < -0.39 is 0 Å².